The van der Waals surface area contributed by atoms with Crippen LogP contribution in [-0.4, -0.2) is 27.7 Å². The van der Waals surface area contributed by atoms with Crippen molar-refractivity contribution in [2.45, 2.75) is 59.5 Å². The van der Waals surface area contributed by atoms with Gasteiger partial charge in [0, 0.05) is 15.2 Å². The summed E-state index contributed by atoms with van der Waals surface area (Å²) in [6.45, 7) is 10.9. The highest BCUT2D eigenvalue weighted by Gasteiger charge is 2.41. The van der Waals surface area contributed by atoms with Crippen molar-refractivity contribution in [3.05, 3.63) is 40.3 Å². The third kappa shape index (κ3) is 2.89. The molecule has 1 N–H and O–H groups in total. The first-order valence-corrected chi connectivity index (χ1v) is 10.6. The number of phenols is 1. The number of hydrogen-bond acceptors (Lipinski definition) is 5. The lowest BCUT2D eigenvalue weighted by atomic mass is 9.91. The van der Waals surface area contributed by atoms with E-state index >= 15 is 0 Å². The maximum atomic E-state index is 9.90. The second-order valence-electron chi connectivity index (χ2n) is 7.61. The molecule has 2 aliphatic heterocycles. The lowest BCUT2D eigenvalue weighted by molar-refractivity contribution is 0.331. The Morgan fingerprint density at radius 2 is 1.96 bits per heavy atom. The molecule has 2 aromatic rings. The van der Waals surface area contributed by atoms with E-state index in [2.05, 4.69) is 45.7 Å². The largest absolute Gasteiger partial charge is 0.508 e. The predicted octanol–water partition coefficient (Wildman–Crippen LogP) is 5.81. The third-order valence-corrected chi connectivity index (χ3v) is 7.15. The zero-order valence-corrected chi connectivity index (χ0v) is 17.5. The predicted molar refractivity (Wildman–Crippen MR) is 115 cm³/mol. The number of rotatable bonds is 4. The lowest BCUT2D eigenvalue weighted by Gasteiger charge is -2.31. The lowest BCUT2D eigenvalue weighted by Crippen LogP contribution is -2.34. The molecule has 2 unspecified atom stereocenters. The fourth-order valence-corrected chi connectivity index (χ4v) is 5.71. The molecule has 4 nitrogen and oxygen atoms in total. The van der Waals surface area contributed by atoms with E-state index in [-0.39, 0.29) is 12.1 Å². The smallest absolute Gasteiger partial charge is 0.148 e. The number of benzene rings is 1. The van der Waals surface area contributed by atoms with E-state index < -0.39 is 0 Å². The van der Waals surface area contributed by atoms with E-state index in [1.165, 1.54) is 20.7 Å². The molecule has 4 rings (SSSR count). The molecule has 0 spiro atoms. The first kappa shape index (κ1) is 18.2. The van der Waals surface area contributed by atoms with Gasteiger partial charge in [-0.3, -0.25) is 4.99 Å². The Hall–Kier alpha value is -2.14. The highest BCUT2D eigenvalue weighted by Crippen LogP contribution is 2.45. The Labute approximate surface area is 164 Å². The Morgan fingerprint density at radius 3 is 2.67 bits per heavy atom. The molecule has 0 radical (unpaired) electrons. The zero-order valence-electron chi connectivity index (χ0n) is 16.7. The molecule has 0 fully saturated rings. The van der Waals surface area contributed by atoms with Crippen molar-refractivity contribution in [1.82, 2.24) is 5.01 Å². The third-order valence-electron chi connectivity index (χ3n) is 5.80. The molecule has 0 aliphatic carbocycles. The maximum Gasteiger partial charge on any atom is 0.148 e. The second kappa shape index (κ2) is 6.79. The summed E-state index contributed by atoms with van der Waals surface area (Å²) in [4.78, 5) is 6.35. The summed E-state index contributed by atoms with van der Waals surface area (Å²) in [6.07, 6.45) is 4.45. The molecular weight excluding hydrogens is 354 g/mol. The molecule has 1 aromatic heterocycles. The number of aliphatic imine (C=N–C) groups is 1. The summed E-state index contributed by atoms with van der Waals surface area (Å²) in [7, 11) is 0. The fourth-order valence-electron chi connectivity index (χ4n) is 4.33. The van der Waals surface area contributed by atoms with Crippen molar-refractivity contribution in [2.24, 2.45) is 16.0 Å². The number of hydrazone groups is 1. The number of aryl methyl sites for hydroxylation is 1. The van der Waals surface area contributed by atoms with Crippen LogP contribution in [0.5, 0.6) is 5.75 Å². The van der Waals surface area contributed by atoms with Gasteiger partial charge in [0.15, 0.2) is 0 Å². The van der Waals surface area contributed by atoms with Crippen molar-refractivity contribution in [1.29, 1.82) is 0 Å². The maximum absolute atomic E-state index is 9.90. The van der Waals surface area contributed by atoms with Crippen LogP contribution in [0.15, 0.2) is 39.9 Å². The summed E-state index contributed by atoms with van der Waals surface area (Å²) >= 11 is 1.80. The average Bonchev–Trinajstić information content (AvgIpc) is 3.12. The van der Waals surface area contributed by atoms with Gasteiger partial charge in [0.1, 0.15) is 17.6 Å². The molecule has 3 heterocycles. The van der Waals surface area contributed by atoms with Crippen LogP contribution < -0.4 is 0 Å². The van der Waals surface area contributed by atoms with E-state index in [1.807, 2.05) is 12.1 Å². The number of fused-ring (bicyclic) bond motifs is 2. The van der Waals surface area contributed by atoms with Crippen LogP contribution in [-0.2, 0) is 0 Å². The summed E-state index contributed by atoms with van der Waals surface area (Å²) in [5.41, 5.74) is 3.61. The van der Waals surface area contributed by atoms with Crippen molar-refractivity contribution in [2.75, 3.05) is 0 Å². The van der Waals surface area contributed by atoms with Crippen LogP contribution in [0.3, 0.4) is 0 Å². The van der Waals surface area contributed by atoms with Gasteiger partial charge in [0.25, 0.3) is 0 Å². The van der Waals surface area contributed by atoms with Gasteiger partial charge in [0.05, 0.1) is 11.8 Å². The number of hydrogen-bond donors (Lipinski definition) is 1. The summed E-state index contributed by atoms with van der Waals surface area (Å²) < 4.78 is 1.20. The van der Waals surface area contributed by atoms with Gasteiger partial charge in [-0.05, 0) is 74.8 Å². The minimum Gasteiger partial charge on any atom is -0.508 e. The number of phenolic OH excluding ortho intramolecular Hbond substituents is 1. The SMILES string of the molecule is CCC(CC)C1=CC(C)=NN2C1=NC(C)C2c1sc2ccc(O)cc2c1C. The minimum atomic E-state index is 0.118. The highest BCUT2D eigenvalue weighted by molar-refractivity contribution is 7.19. The quantitative estimate of drug-likeness (QED) is 0.726. The van der Waals surface area contributed by atoms with Gasteiger partial charge in [0.2, 0.25) is 0 Å². The molecule has 1 aromatic carbocycles. The molecular formula is C22H27N3OS. The molecule has 142 valence electrons. The Morgan fingerprint density at radius 1 is 1.22 bits per heavy atom. The topological polar surface area (TPSA) is 48.2 Å². The van der Waals surface area contributed by atoms with Crippen LogP contribution in [0.1, 0.15) is 57.0 Å². The first-order valence-electron chi connectivity index (χ1n) is 9.80. The summed E-state index contributed by atoms with van der Waals surface area (Å²) in [6, 6.07) is 5.90. The summed E-state index contributed by atoms with van der Waals surface area (Å²) in [5.74, 6) is 1.88. The molecule has 2 atom stereocenters. The normalized spacial score (nSPS) is 22.1. The molecule has 0 amide bonds. The molecule has 2 aliphatic rings. The van der Waals surface area contributed by atoms with Crippen LogP contribution in [0.2, 0.25) is 0 Å². The summed E-state index contributed by atoms with van der Waals surface area (Å²) in [5, 5.41) is 18.1. The first-order chi connectivity index (χ1) is 12.9. The van der Waals surface area contributed by atoms with Crippen molar-refractivity contribution < 1.29 is 5.11 Å². The molecule has 0 bridgehead atoms. The van der Waals surface area contributed by atoms with E-state index in [0.29, 0.717) is 11.7 Å². The van der Waals surface area contributed by atoms with Crippen LogP contribution in [0.4, 0.5) is 0 Å². The number of thiophene rings is 1. The Balaban J connectivity index is 1.80. The highest BCUT2D eigenvalue weighted by atomic mass is 32.1. The van der Waals surface area contributed by atoms with E-state index in [0.717, 1.165) is 29.8 Å². The zero-order chi connectivity index (χ0) is 19.3. The van der Waals surface area contributed by atoms with Gasteiger partial charge in [-0.1, -0.05) is 13.8 Å². The molecule has 0 saturated heterocycles. The Kier molecular flexibility index (Phi) is 4.58. The second-order valence-corrected chi connectivity index (χ2v) is 8.69. The fraction of sp³-hybridized carbons (Fsp3) is 0.455. The number of aromatic hydroxyl groups is 1. The minimum absolute atomic E-state index is 0.118. The monoisotopic (exact) mass is 381 g/mol. The van der Waals surface area contributed by atoms with Crippen LogP contribution >= 0.6 is 11.3 Å². The Bertz CT molecular complexity index is 981. The van der Waals surface area contributed by atoms with Gasteiger partial charge < -0.3 is 5.11 Å². The van der Waals surface area contributed by atoms with E-state index in [9.17, 15) is 5.11 Å². The molecule has 5 heteroatoms. The van der Waals surface area contributed by atoms with E-state index in [4.69, 9.17) is 10.1 Å². The van der Waals surface area contributed by atoms with Gasteiger partial charge >= 0.3 is 0 Å². The standard InChI is InChI=1S/C22H27N3OS/c1-6-15(7-2)18-10-12(3)24-25-20(14(5)23-22(18)25)21-13(4)17-11-16(26)8-9-19(17)27-21/h8-11,14-15,20,26H,6-7H2,1-5H3. The van der Waals surface area contributed by atoms with Crippen molar-refractivity contribution >= 4 is 33.0 Å². The van der Waals surface area contributed by atoms with Crippen LogP contribution in [0, 0.1) is 12.8 Å². The van der Waals surface area contributed by atoms with Gasteiger partial charge in [-0.2, -0.15) is 5.10 Å². The molecule has 27 heavy (non-hydrogen) atoms. The number of amidine groups is 1. The van der Waals surface area contributed by atoms with Gasteiger partial charge in [-0.15, -0.1) is 11.3 Å². The average molecular weight is 382 g/mol. The number of nitrogens with zero attached hydrogens (tertiary/aromatic N) is 3. The van der Waals surface area contributed by atoms with Crippen molar-refractivity contribution in [3.8, 4) is 5.75 Å². The van der Waals surface area contributed by atoms with Gasteiger partial charge in [-0.25, -0.2) is 5.01 Å². The van der Waals surface area contributed by atoms with E-state index in [1.54, 1.807) is 17.4 Å². The number of allylic oxidation sites excluding steroid dienone is 1. The molecule has 0 saturated carbocycles. The van der Waals surface area contributed by atoms with Crippen molar-refractivity contribution in [3.63, 3.8) is 0 Å². The van der Waals surface area contributed by atoms with Crippen LogP contribution in [0.25, 0.3) is 10.1 Å².